The molecule has 0 radical (unpaired) electrons. The minimum atomic E-state index is -1.92. The Kier molecular flexibility index (Phi) is 9.78. The zero-order chi connectivity index (χ0) is 15.8. The molecule has 3 nitrogen and oxygen atoms in total. The van der Waals surface area contributed by atoms with Crippen LogP contribution in [0.2, 0.25) is 44.8 Å². The van der Waals surface area contributed by atoms with Gasteiger partial charge in [0, 0.05) is 0 Å². The molecule has 0 aliphatic rings. The summed E-state index contributed by atoms with van der Waals surface area (Å²) in [5.74, 6) is 0. The van der Waals surface area contributed by atoms with Crippen LogP contribution in [-0.2, 0) is 8.23 Å². The van der Waals surface area contributed by atoms with E-state index in [2.05, 4.69) is 58.7 Å². The first kappa shape index (κ1) is 20.5. The highest BCUT2D eigenvalue weighted by molar-refractivity contribution is 6.85. The Morgan fingerprint density at radius 3 is 2.00 bits per heavy atom. The van der Waals surface area contributed by atoms with Crippen molar-refractivity contribution in [1.82, 2.24) is 4.90 Å². The lowest BCUT2D eigenvalue weighted by Gasteiger charge is -2.37. The second kappa shape index (κ2) is 9.53. The molecule has 20 heavy (non-hydrogen) atoms. The molecular weight excluding hydrogens is 298 g/mol. The molecule has 0 aromatic carbocycles. The summed E-state index contributed by atoms with van der Waals surface area (Å²) >= 11 is 0. The molecule has 1 atom stereocenters. The van der Waals surface area contributed by atoms with Gasteiger partial charge in [-0.15, -0.1) is 0 Å². The van der Waals surface area contributed by atoms with E-state index < -0.39 is 25.9 Å². The Morgan fingerprint density at radius 1 is 1.00 bits per heavy atom. The summed E-state index contributed by atoms with van der Waals surface area (Å²) in [5, 5.41) is 0. The molecule has 0 aliphatic heterocycles. The molecule has 0 bridgehead atoms. The largest absolute Gasteiger partial charge is 0.440 e. The van der Waals surface area contributed by atoms with Gasteiger partial charge in [0.05, 0.1) is 0 Å². The van der Waals surface area contributed by atoms with E-state index >= 15 is 0 Å². The van der Waals surface area contributed by atoms with E-state index in [0.717, 1.165) is 0 Å². The molecule has 0 aliphatic carbocycles. The van der Waals surface area contributed by atoms with Crippen LogP contribution in [0.4, 0.5) is 0 Å². The highest BCUT2D eigenvalue weighted by Gasteiger charge is 2.37. The Hall–Kier alpha value is 0.531. The SMILES string of the molecule is CCCC[Si](C)(CCCN(C)C)O[Si](C)(C)O[SiH](C)C. The van der Waals surface area contributed by atoms with Gasteiger partial charge in [-0.05, 0) is 71.9 Å². The van der Waals surface area contributed by atoms with Gasteiger partial charge >= 0.3 is 8.56 Å². The van der Waals surface area contributed by atoms with E-state index in [1.807, 2.05) is 0 Å². The maximum absolute atomic E-state index is 6.69. The molecular formula is C14H37NO2Si3. The lowest BCUT2D eigenvalue weighted by atomic mass is 10.4. The first-order valence-electron chi connectivity index (χ1n) is 8.13. The molecule has 1 unspecified atom stereocenters. The van der Waals surface area contributed by atoms with Crippen LogP contribution in [0.3, 0.4) is 0 Å². The van der Waals surface area contributed by atoms with Crippen molar-refractivity contribution in [2.24, 2.45) is 0 Å². The molecule has 0 aromatic rings. The number of hydrogen-bond acceptors (Lipinski definition) is 3. The third-order valence-corrected chi connectivity index (χ3v) is 14.3. The molecule has 0 spiro atoms. The van der Waals surface area contributed by atoms with E-state index in [1.165, 1.54) is 37.9 Å². The summed E-state index contributed by atoms with van der Waals surface area (Å²) in [7, 11) is -0.230. The minimum absolute atomic E-state index is 1.00. The van der Waals surface area contributed by atoms with Gasteiger partial charge in [-0.2, -0.15) is 0 Å². The topological polar surface area (TPSA) is 21.7 Å². The van der Waals surface area contributed by atoms with Crippen LogP contribution in [-0.4, -0.2) is 51.5 Å². The van der Waals surface area contributed by atoms with Crippen molar-refractivity contribution in [3.05, 3.63) is 0 Å². The van der Waals surface area contributed by atoms with Crippen molar-refractivity contribution in [2.45, 2.75) is 71.0 Å². The van der Waals surface area contributed by atoms with Crippen molar-refractivity contribution in [2.75, 3.05) is 20.6 Å². The smallest absolute Gasteiger partial charge is 0.310 e. The van der Waals surface area contributed by atoms with Crippen molar-refractivity contribution < 1.29 is 8.23 Å². The first-order chi connectivity index (χ1) is 9.10. The molecule has 0 fully saturated rings. The molecule has 122 valence electrons. The fourth-order valence-electron chi connectivity index (χ4n) is 2.73. The quantitative estimate of drug-likeness (QED) is 0.532. The zero-order valence-corrected chi connectivity index (χ0v) is 18.2. The summed E-state index contributed by atoms with van der Waals surface area (Å²) in [5.41, 5.74) is 0. The second-order valence-electron chi connectivity index (χ2n) is 7.13. The number of nitrogens with zero attached hydrogens (tertiary/aromatic N) is 1. The van der Waals surface area contributed by atoms with E-state index in [4.69, 9.17) is 8.23 Å². The average Bonchev–Trinajstić information content (AvgIpc) is 2.23. The Bertz CT molecular complexity index is 263. The fraction of sp³-hybridized carbons (Fsp3) is 1.00. The van der Waals surface area contributed by atoms with E-state index in [-0.39, 0.29) is 0 Å². The van der Waals surface area contributed by atoms with Gasteiger partial charge in [0.2, 0.25) is 0 Å². The van der Waals surface area contributed by atoms with Crippen LogP contribution in [0.5, 0.6) is 0 Å². The average molecular weight is 336 g/mol. The molecule has 0 aromatic heterocycles. The van der Waals surface area contributed by atoms with Crippen LogP contribution in [0.25, 0.3) is 0 Å². The molecule has 0 N–H and O–H groups in total. The lowest BCUT2D eigenvalue weighted by Crippen LogP contribution is -2.50. The van der Waals surface area contributed by atoms with Crippen molar-refractivity contribution in [1.29, 1.82) is 0 Å². The van der Waals surface area contributed by atoms with Gasteiger partial charge in [-0.1, -0.05) is 19.8 Å². The zero-order valence-electron chi connectivity index (χ0n) is 15.1. The van der Waals surface area contributed by atoms with E-state index in [0.29, 0.717) is 0 Å². The molecule has 0 amide bonds. The number of unbranched alkanes of at least 4 members (excludes halogenated alkanes) is 1. The Morgan fingerprint density at radius 2 is 1.55 bits per heavy atom. The van der Waals surface area contributed by atoms with Gasteiger partial charge in [-0.3, -0.25) is 0 Å². The van der Waals surface area contributed by atoms with E-state index in [1.54, 1.807) is 0 Å². The third kappa shape index (κ3) is 10.3. The summed E-state index contributed by atoms with van der Waals surface area (Å²) in [4.78, 5) is 2.27. The maximum Gasteiger partial charge on any atom is 0.310 e. The van der Waals surface area contributed by atoms with Crippen LogP contribution in [0.15, 0.2) is 0 Å². The van der Waals surface area contributed by atoms with Crippen LogP contribution in [0.1, 0.15) is 26.2 Å². The fourth-order valence-corrected chi connectivity index (χ4v) is 15.7. The first-order valence-corrected chi connectivity index (χ1v) is 16.5. The summed E-state index contributed by atoms with van der Waals surface area (Å²) in [6.45, 7) is 14.8. The molecule has 6 heteroatoms. The summed E-state index contributed by atoms with van der Waals surface area (Å²) in [6, 6.07) is 2.56. The van der Waals surface area contributed by atoms with Gasteiger partial charge in [0.15, 0.2) is 17.4 Å². The maximum atomic E-state index is 6.69. The Balaban J connectivity index is 4.58. The van der Waals surface area contributed by atoms with Gasteiger partial charge < -0.3 is 13.1 Å². The third-order valence-electron chi connectivity index (χ3n) is 3.38. The molecule has 0 rings (SSSR count). The predicted octanol–water partition coefficient (Wildman–Crippen LogP) is 4.03. The molecule has 0 saturated carbocycles. The summed E-state index contributed by atoms with van der Waals surface area (Å²) < 4.78 is 12.9. The predicted molar refractivity (Wildman–Crippen MR) is 97.8 cm³/mol. The van der Waals surface area contributed by atoms with Crippen LogP contribution < -0.4 is 0 Å². The van der Waals surface area contributed by atoms with Crippen LogP contribution >= 0.6 is 0 Å². The summed E-state index contributed by atoms with van der Waals surface area (Å²) in [6.07, 6.45) is 3.82. The minimum Gasteiger partial charge on any atom is -0.440 e. The molecule has 0 saturated heterocycles. The van der Waals surface area contributed by atoms with Crippen molar-refractivity contribution in [3.63, 3.8) is 0 Å². The van der Waals surface area contributed by atoms with E-state index in [9.17, 15) is 0 Å². The van der Waals surface area contributed by atoms with Crippen molar-refractivity contribution in [3.8, 4) is 0 Å². The van der Waals surface area contributed by atoms with Gasteiger partial charge in [-0.25, -0.2) is 0 Å². The standard InChI is InChI=1S/C14H37NO2Si3/c1-9-10-13-20(8,14-11-12-15(2)3)17-19(6,7)16-18(4)5/h18H,9-14H2,1-8H3. The van der Waals surface area contributed by atoms with Crippen LogP contribution in [0, 0.1) is 0 Å². The molecule has 0 heterocycles. The lowest BCUT2D eigenvalue weighted by molar-refractivity contribution is 0.382. The number of hydrogen-bond donors (Lipinski definition) is 0. The Labute approximate surface area is 131 Å². The second-order valence-corrected chi connectivity index (χ2v) is 17.7. The van der Waals surface area contributed by atoms with Gasteiger partial charge in [0.1, 0.15) is 0 Å². The monoisotopic (exact) mass is 335 g/mol. The highest BCUT2D eigenvalue weighted by atomic mass is 28.5. The number of rotatable bonds is 11. The highest BCUT2D eigenvalue weighted by Crippen LogP contribution is 2.27. The normalized spacial score (nSPS) is 15.9. The van der Waals surface area contributed by atoms with Gasteiger partial charge in [0.25, 0.3) is 0 Å². The van der Waals surface area contributed by atoms with Crippen molar-refractivity contribution >= 4 is 25.9 Å².